The molecule has 3 heterocycles. The first kappa shape index (κ1) is 18.7. The van der Waals surface area contributed by atoms with Gasteiger partial charge in [-0.2, -0.15) is 0 Å². The quantitative estimate of drug-likeness (QED) is 0.806. The number of nitrogens with zero attached hydrogens (tertiary/aromatic N) is 6. The fourth-order valence-electron chi connectivity index (χ4n) is 3.75. The van der Waals surface area contributed by atoms with Gasteiger partial charge in [-0.15, -0.1) is 0 Å². The Balaban J connectivity index is 1.64. The lowest BCUT2D eigenvalue weighted by Crippen LogP contribution is -2.48. The summed E-state index contributed by atoms with van der Waals surface area (Å²) < 4.78 is 0. The molecule has 2 aliphatic rings. The van der Waals surface area contributed by atoms with Gasteiger partial charge in [0, 0.05) is 70.9 Å². The van der Waals surface area contributed by atoms with Crippen molar-refractivity contribution in [3.05, 3.63) is 36.4 Å². The van der Waals surface area contributed by atoms with Crippen LogP contribution in [-0.2, 0) is 4.79 Å². The van der Waals surface area contributed by atoms with Crippen molar-refractivity contribution in [1.29, 1.82) is 0 Å². The normalized spacial score (nSPS) is 18.4. The van der Waals surface area contributed by atoms with Crippen molar-refractivity contribution in [3.8, 4) is 11.4 Å². The molecule has 0 saturated carbocycles. The van der Waals surface area contributed by atoms with E-state index in [0.717, 1.165) is 75.4 Å². The van der Waals surface area contributed by atoms with E-state index >= 15 is 0 Å². The lowest BCUT2D eigenvalue weighted by molar-refractivity contribution is -0.129. The largest absolute Gasteiger partial charge is 0.354 e. The number of benzene rings is 1. The zero-order chi connectivity index (χ0) is 19.5. The number of piperazine rings is 2. The number of carbonyl (C=O) groups is 1. The van der Waals surface area contributed by atoms with Crippen LogP contribution in [0.2, 0.25) is 0 Å². The molecule has 28 heavy (non-hydrogen) atoms. The molecule has 0 bridgehead atoms. The Morgan fingerprint density at radius 1 is 0.821 bits per heavy atom. The molecule has 2 saturated heterocycles. The molecule has 0 unspecified atom stereocenters. The van der Waals surface area contributed by atoms with E-state index in [1.807, 2.05) is 23.1 Å². The van der Waals surface area contributed by atoms with Crippen LogP contribution in [0.1, 0.15) is 6.92 Å². The average Bonchev–Trinajstić information content (AvgIpc) is 2.74. The molecule has 1 amide bonds. The first-order chi connectivity index (χ1) is 13.6. The van der Waals surface area contributed by atoms with Gasteiger partial charge in [0.25, 0.3) is 0 Å². The summed E-state index contributed by atoms with van der Waals surface area (Å²) in [5.74, 6) is 2.85. The summed E-state index contributed by atoms with van der Waals surface area (Å²) in [7, 11) is 2.16. The molecular formula is C21H28N6O. The molecule has 2 fully saturated rings. The van der Waals surface area contributed by atoms with Crippen molar-refractivity contribution >= 4 is 17.5 Å². The molecule has 0 spiro atoms. The van der Waals surface area contributed by atoms with E-state index in [1.54, 1.807) is 6.92 Å². The molecule has 0 aliphatic carbocycles. The minimum absolute atomic E-state index is 0.144. The number of aromatic nitrogens is 2. The van der Waals surface area contributed by atoms with E-state index in [1.165, 1.54) is 0 Å². The third kappa shape index (κ3) is 4.09. The van der Waals surface area contributed by atoms with Gasteiger partial charge in [-0.25, -0.2) is 9.97 Å². The van der Waals surface area contributed by atoms with Crippen LogP contribution in [0.3, 0.4) is 0 Å². The Bertz CT molecular complexity index is 811. The van der Waals surface area contributed by atoms with E-state index in [2.05, 4.69) is 39.9 Å². The molecule has 1 aromatic heterocycles. The maximum Gasteiger partial charge on any atom is 0.219 e. The van der Waals surface area contributed by atoms with Crippen LogP contribution in [0.25, 0.3) is 11.4 Å². The molecule has 7 heteroatoms. The lowest BCUT2D eigenvalue weighted by atomic mass is 10.2. The van der Waals surface area contributed by atoms with Crippen LogP contribution >= 0.6 is 0 Å². The summed E-state index contributed by atoms with van der Waals surface area (Å²) in [4.78, 5) is 30.3. The van der Waals surface area contributed by atoms with Crippen molar-refractivity contribution in [2.24, 2.45) is 0 Å². The SMILES string of the molecule is CC(=O)N1CCN(c2cc(N3CCN(C)CC3)nc(-c3ccccc3)n2)CC1. The van der Waals surface area contributed by atoms with E-state index in [-0.39, 0.29) is 5.91 Å². The zero-order valence-electron chi connectivity index (χ0n) is 16.7. The molecule has 0 radical (unpaired) electrons. The van der Waals surface area contributed by atoms with Crippen LogP contribution in [0.5, 0.6) is 0 Å². The summed E-state index contributed by atoms with van der Waals surface area (Å²) in [6, 6.07) is 12.3. The summed E-state index contributed by atoms with van der Waals surface area (Å²) in [6.07, 6.45) is 0. The predicted octanol–water partition coefficient (Wildman–Crippen LogP) is 1.56. The van der Waals surface area contributed by atoms with Gasteiger partial charge >= 0.3 is 0 Å². The molecular weight excluding hydrogens is 352 g/mol. The second-order valence-electron chi connectivity index (χ2n) is 7.56. The van der Waals surface area contributed by atoms with Gasteiger partial charge < -0.3 is 19.6 Å². The van der Waals surface area contributed by atoms with Gasteiger partial charge in [-0.3, -0.25) is 4.79 Å². The average molecular weight is 380 g/mol. The Morgan fingerprint density at radius 2 is 1.36 bits per heavy atom. The summed E-state index contributed by atoms with van der Waals surface area (Å²) in [5, 5.41) is 0. The van der Waals surface area contributed by atoms with Gasteiger partial charge in [-0.05, 0) is 7.05 Å². The van der Waals surface area contributed by atoms with Crippen molar-refractivity contribution in [1.82, 2.24) is 19.8 Å². The Kier molecular flexibility index (Phi) is 5.43. The number of likely N-dealkylation sites (N-methyl/N-ethyl adjacent to an activating group) is 1. The summed E-state index contributed by atoms with van der Waals surface area (Å²) >= 11 is 0. The standard InChI is InChI=1S/C21H28N6O/c1-17(28)25-12-14-27(15-13-25)20-16-19(26-10-8-24(2)9-11-26)22-21(23-20)18-6-4-3-5-7-18/h3-7,16H,8-15H2,1-2H3. The topological polar surface area (TPSA) is 55.8 Å². The van der Waals surface area contributed by atoms with Gasteiger partial charge in [0.2, 0.25) is 5.91 Å². The first-order valence-electron chi connectivity index (χ1n) is 9.98. The van der Waals surface area contributed by atoms with Crippen LogP contribution in [0.15, 0.2) is 36.4 Å². The van der Waals surface area contributed by atoms with Crippen molar-refractivity contribution in [3.63, 3.8) is 0 Å². The van der Waals surface area contributed by atoms with E-state index in [9.17, 15) is 4.79 Å². The van der Waals surface area contributed by atoms with Crippen molar-refractivity contribution in [2.75, 3.05) is 69.2 Å². The molecule has 7 nitrogen and oxygen atoms in total. The summed E-state index contributed by atoms with van der Waals surface area (Å²) in [6.45, 7) is 8.74. The van der Waals surface area contributed by atoms with Gasteiger partial charge in [0.15, 0.2) is 5.82 Å². The maximum atomic E-state index is 11.6. The van der Waals surface area contributed by atoms with Crippen molar-refractivity contribution in [2.45, 2.75) is 6.92 Å². The molecule has 2 aliphatic heterocycles. The Labute approximate surface area is 166 Å². The molecule has 148 valence electrons. The predicted molar refractivity (Wildman–Crippen MR) is 112 cm³/mol. The highest BCUT2D eigenvalue weighted by atomic mass is 16.2. The van der Waals surface area contributed by atoms with Crippen LogP contribution in [0.4, 0.5) is 11.6 Å². The Morgan fingerprint density at radius 3 is 1.89 bits per heavy atom. The molecule has 0 atom stereocenters. The second-order valence-corrected chi connectivity index (χ2v) is 7.56. The van der Waals surface area contributed by atoms with Crippen LogP contribution in [0, 0.1) is 0 Å². The molecule has 1 aromatic carbocycles. The van der Waals surface area contributed by atoms with Gasteiger partial charge in [0.05, 0.1) is 0 Å². The number of hydrogen-bond acceptors (Lipinski definition) is 6. The number of anilines is 2. The van der Waals surface area contributed by atoms with Gasteiger partial charge in [0.1, 0.15) is 11.6 Å². The van der Waals surface area contributed by atoms with Crippen LogP contribution in [-0.4, -0.2) is 85.1 Å². The van der Waals surface area contributed by atoms with E-state index in [0.29, 0.717) is 0 Å². The Hall–Kier alpha value is -2.67. The first-order valence-corrected chi connectivity index (χ1v) is 9.98. The second kappa shape index (κ2) is 8.14. The lowest BCUT2D eigenvalue weighted by Gasteiger charge is -2.36. The number of rotatable bonds is 3. The minimum Gasteiger partial charge on any atom is -0.354 e. The van der Waals surface area contributed by atoms with Crippen LogP contribution < -0.4 is 9.80 Å². The number of hydrogen-bond donors (Lipinski definition) is 0. The van der Waals surface area contributed by atoms with E-state index < -0.39 is 0 Å². The minimum atomic E-state index is 0.144. The molecule has 0 N–H and O–H groups in total. The highest BCUT2D eigenvalue weighted by Crippen LogP contribution is 2.26. The smallest absolute Gasteiger partial charge is 0.219 e. The number of carbonyl (C=O) groups excluding carboxylic acids is 1. The highest BCUT2D eigenvalue weighted by Gasteiger charge is 2.23. The maximum absolute atomic E-state index is 11.6. The van der Waals surface area contributed by atoms with E-state index in [4.69, 9.17) is 9.97 Å². The van der Waals surface area contributed by atoms with Gasteiger partial charge in [-0.1, -0.05) is 30.3 Å². The third-order valence-corrected chi connectivity index (χ3v) is 5.61. The molecule has 4 rings (SSSR count). The van der Waals surface area contributed by atoms with Crippen molar-refractivity contribution < 1.29 is 4.79 Å². The third-order valence-electron chi connectivity index (χ3n) is 5.61. The number of amides is 1. The fraction of sp³-hybridized carbons (Fsp3) is 0.476. The molecule has 2 aromatic rings. The monoisotopic (exact) mass is 380 g/mol. The fourth-order valence-corrected chi connectivity index (χ4v) is 3.75. The summed E-state index contributed by atoms with van der Waals surface area (Å²) in [5.41, 5.74) is 1.03. The zero-order valence-corrected chi connectivity index (χ0v) is 16.7. The highest BCUT2D eigenvalue weighted by molar-refractivity contribution is 5.73.